The van der Waals surface area contributed by atoms with Crippen LogP contribution in [0.1, 0.15) is 44.6 Å². The highest BCUT2D eigenvalue weighted by Crippen LogP contribution is 2.33. The summed E-state index contributed by atoms with van der Waals surface area (Å²) in [5.74, 6) is -0.561. The Labute approximate surface area is 145 Å². The maximum atomic E-state index is 12.8. The number of benzene rings is 1. The van der Waals surface area contributed by atoms with Crippen molar-refractivity contribution in [3.05, 3.63) is 29.8 Å². The predicted octanol–water partition coefficient (Wildman–Crippen LogP) is 2.95. The zero-order chi connectivity index (χ0) is 17.0. The largest absolute Gasteiger partial charge is 0.350 e. The van der Waals surface area contributed by atoms with E-state index >= 15 is 0 Å². The molecule has 1 aromatic rings. The summed E-state index contributed by atoms with van der Waals surface area (Å²) < 4.78 is 38.8. The van der Waals surface area contributed by atoms with Crippen molar-refractivity contribution in [3.8, 4) is 0 Å². The SMILES string of the molecule is CCCCc1ccc(S(=O)(=O)N2CCC3(CC2)OCCCO3)cc1. The highest BCUT2D eigenvalue weighted by atomic mass is 32.2. The van der Waals surface area contributed by atoms with Crippen molar-refractivity contribution in [1.82, 2.24) is 4.31 Å². The van der Waals surface area contributed by atoms with Gasteiger partial charge in [-0.3, -0.25) is 0 Å². The molecule has 0 aromatic heterocycles. The molecule has 0 aliphatic carbocycles. The van der Waals surface area contributed by atoms with E-state index in [9.17, 15) is 8.42 Å². The topological polar surface area (TPSA) is 55.8 Å². The molecule has 5 nitrogen and oxygen atoms in total. The highest BCUT2D eigenvalue weighted by molar-refractivity contribution is 7.89. The van der Waals surface area contributed by atoms with E-state index < -0.39 is 15.8 Å². The molecule has 1 aromatic carbocycles. The minimum atomic E-state index is -3.43. The van der Waals surface area contributed by atoms with E-state index in [4.69, 9.17) is 9.47 Å². The number of ether oxygens (including phenoxy) is 2. The van der Waals surface area contributed by atoms with E-state index in [2.05, 4.69) is 6.92 Å². The number of unbranched alkanes of at least 4 members (excludes halogenated alkanes) is 1. The van der Waals surface area contributed by atoms with Crippen molar-refractivity contribution in [2.75, 3.05) is 26.3 Å². The highest BCUT2D eigenvalue weighted by Gasteiger charge is 2.41. The summed E-state index contributed by atoms with van der Waals surface area (Å²) in [4.78, 5) is 0.379. The fourth-order valence-electron chi connectivity index (χ4n) is 3.33. The van der Waals surface area contributed by atoms with Crippen LogP contribution in [0.4, 0.5) is 0 Å². The molecule has 0 saturated carbocycles. The second kappa shape index (κ2) is 7.52. The van der Waals surface area contributed by atoms with Crippen LogP contribution < -0.4 is 0 Å². The van der Waals surface area contributed by atoms with Gasteiger partial charge in [0.15, 0.2) is 5.79 Å². The summed E-state index contributed by atoms with van der Waals surface area (Å²) >= 11 is 0. The van der Waals surface area contributed by atoms with E-state index in [0.29, 0.717) is 44.0 Å². The number of nitrogens with zero attached hydrogens (tertiary/aromatic N) is 1. The van der Waals surface area contributed by atoms with E-state index in [1.165, 1.54) is 5.56 Å². The molecule has 1 spiro atoms. The van der Waals surface area contributed by atoms with Crippen molar-refractivity contribution in [1.29, 1.82) is 0 Å². The predicted molar refractivity (Wildman–Crippen MR) is 92.3 cm³/mol. The van der Waals surface area contributed by atoms with Crippen LogP contribution >= 0.6 is 0 Å². The fraction of sp³-hybridized carbons (Fsp3) is 0.667. The van der Waals surface area contributed by atoms with Crippen molar-refractivity contribution >= 4 is 10.0 Å². The molecule has 2 fully saturated rings. The molecule has 3 rings (SSSR count). The summed E-state index contributed by atoms with van der Waals surface area (Å²) in [6.45, 7) is 4.44. The quantitative estimate of drug-likeness (QED) is 0.817. The van der Waals surface area contributed by atoms with E-state index in [1.807, 2.05) is 12.1 Å². The number of piperidine rings is 1. The molecule has 2 heterocycles. The van der Waals surface area contributed by atoms with Crippen molar-refractivity contribution < 1.29 is 17.9 Å². The van der Waals surface area contributed by atoms with E-state index in [1.54, 1.807) is 16.4 Å². The van der Waals surface area contributed by atoms with Gasteiger partial charge in [-0.1, -0.05) is 25.5 Å². The summed E-state index contributed by atoms with van der Waals surface area (Å²) in [6, 6.07) is 7.33. The zero-order valence-electron chi connectivity index (χ0n) is 14.4. The molecular formula is C18H27NO4S. The molecule has 134 valence electrons. The Hall–Kier alpha value is -0.950. The standard InChI is InChI=1S/C18H27NO4S/c1-2-3-5-16-6-8-17(9-7-16)24(20,21)19-12-10-18(11-13-19)22-14-4-15-23-18/h6-9H,2-5,10-15H2,1H3. The van der Waals surface area contributed by atoms with Gasteiger partial charge in [0.05, 0.1) is 18.1 Å². The Balaban J connectivity index is 1.65. The van der Waals surface area contributed by atoms with Crippen molar-refractivity contribution in [3.63, 3.8) is 0 Å². The summed E-state index contributed by atoms with van der Waals surface area (Å²) in [5.41, 5.74) is 1.19. The molecule has 6 heteroatoms. The lowest BCUT2D eigenvalue weighted by atomic mass is 10.0. The number of rotatable bonds is 5. The molecule has 2 aliphatic heterocycles. The Morgan fingerprint density at radius 3 is 2.29 bits per heavy atom. The second-order valence-corrected chi connectivity index (χ2v) is 8.55. The van der Waals surface area contributed by atoms with Gasteiger partial charge >= 0.3 is 0 Å². The van der Waals surface area contributed by atoms with Crippen LogP contribution in [0.2, 0.25) is 0 Å². The van der Waals surface area contributed by atoms with Crippen LogP contribution in [-0.2, 0) is 25.9 Å². The van der Waals surface area contributed by atoms with Crippen LogP contribution in [-0.4, -0.2) is 44.8 Å². The average Bonchev–Trinajstić information content (AvgIpc) is 2.61. The van der Waals surface area contributed by atoms with Gasteiger partial charge in [-0.2, -0.15) is 4.31 Å². The zero-order valence-corrected chi connectivity index (χ0v) is 15.2. The van der Waals surface area contributed by atoms with Gasteiger partial charge in [-0.15, -0.1) is 0 Å². The van der Waals surface area contributed by atoms with Gasteiger partial charge in [-0.25, -0.2) is 8.42 Å². The monoisotopic (exact) mass is 353 g/mol. The summed E-state index contributed by atoms with van der Waals surface area (Å²) in [5, 5.41) is 0. The Bertz CT molecular complexity index is 625. The number of hydrogen-bond donors (Lipinski definition) is 0. The van der Waals surface area contributed by atoms with Gasteiger partial charge in [0, 0.05) is 25.9 Å². The Morgan fingerprint density at radius 1 is 1.08 bits per heavy atom. The number of aryl methyl sites for hydroxylation is 1. The van der Waals surface area contributed by atoms with E-state index in [-0.39, 0.29) is 0 Å². The molecule has 0 N–H and O–H groups in total. The third kappa shape index (κ3) is 3.82. The molecule has 0 bridgehead atoms. The smallest absolute Gasteiger partial charge is 0.243 e. The number of sulfonamides is 1. The molecule has 0 amide bonds. The van der Waals surface area contributed by atoms with E-state index in [0.717, 1.165) is 25.7 Å². The fourth-order valence-corrected chi connectivity index (χ4v) is 4.77. The minimum Gasteiger partial charge on any atom is -0.350 e. The minimum absolute atomic E-state index is 0.379. The molecule has 0 atom stereocenters. The second-order valence-electron chi connectivity index (χ2n) is 6.61. The molecule has 24 heavy (non-hydrogen) atoms. The van der Waals surface area contributed by atoms with Gasteiger partial charge in [-0.05, 0) is 37.0 Å². The molecule has 0 radical (unpaired) electrons. The first-order chi connectivity index (χ1) is 11.6. The van der Waals surface area contributed by atoms with Crippen LogP contribution in [0.3, 0.4) is 0 Å². The lowest BCUT2D eigenvalue weighted by Crippen LogP contribution is -2.51. The van der Waals surface area contributed by atoms with Crippen molar-refractivity contribution in [2.24, 2.45) is 0 Å². The summed E-state index contributed by atoms with van der Waals surface area (Å²) in [6.07, 6.45) is 5.37. The van der Waals surface area contributed by atoms with Gasteiger partial charge in [0.25, 0.3) is 0 Å². The average molecular weight is 353 g/mol. The third-order valence-corrected chi connectivity index (χ3v) is 6.80. The number of hydrogen-bond acceptors (Lipinski definition) is 4. The Morgan fingerprint density at radius 2 is 1.71 bits per heavy atom. The van der Waals surface area contributed by atoms with Crippen LogP contribution in [0, 0.1) is 0 Å². The first-order valence-corrected chi connectivity index (χ1v) is 10.4. The molecular weight excluding hydrogens is 326 g/mol. The third-order valence-electron chi connectivity index (χ3n) is 4.88. The van der Waals surface area contributed by atoms with Crippen molar-refractivity contribution in [2.45, 2.75) is 56.1 Å². The van der Waals surface area contributed by atoms with Gasteiger partial charge < -0.3 is 9.47 Å². The van der Waals surface area contributed by atoms with Crippen LogP contribution in [0.15, 0.2) is 29.2 Å². The summed E-state index contributed by atoms with van der Waals surface area (Å²) in [7, 11) is -3.43. The first kappa shape index (κ1) is 17.9. The molecule has 2 aliphatic rings. The molecule has 0 unspecified atom stereocenters. The maximum Gasteiger partial charge on any atom is 0.243 e. The first-order valence-electron chi connectivity index (χ1n) is 8.93. The van der Waals surface area contributed by atoms with Crippen LogP contribution in [0.25, 0.3) is 0 Å². The lowest BCUT2D eigenvalue weighted by Gasteiger charge is -2.42. The normalized spacial score (nSPS) is 21.9. The molecule has 2 saturated heterocycles. The maximum absolute atomic E-state index is 12.8. The van der Waals surface area contributed by atoms with Gasteiger partial charge in [0.2, 0.25) is 10.0 Å². The lowest BCUT2D eigenvalue weighted by molar-refractivity contribution is -0.280. The van der Waals surface area contributed by atoms with Crippen LogP contribution in [0.5, 0.6) is 0 Å². The Kier molecular flexibility index (Phi) is 5.59. The van der Waals surface area contributed by atoms with Gasteiger partial charge in [0.1, 0.15) is 0 Å².